The predicted octanol–water partition coefficient (Wildman–Crippen LogP) is 1.84. The van der Waals surface area contributed by atoms with Gasteiger partial charge in [-0.25, -0.2) is 0 Å². The molecule has 0 aromatic carbocycles. The van der Waals surface area contributed by atoms with Crippen LogP contribution in [0.2, 0.25) is 0 Å². The zero-order chi connectivity index (χ0) is 11.3. The Morgan fingerprint density at radius 2 is 2.00 bits per heavy atom. The van der Waals surface area contributed by atoms with E-state index in [0.717, 1.165) is 12.8 Å². The molecule has 0 bridgehead atoms. The molecule has 0 heterocycles. The van der Waals surface area contributed by atoms with Gasteiger partial charge in [0.1, 0.15) is 0 Å². The van der Waals surface area contributed by atoms with Crippen LogP contribution >= 0.6 is 0 Å². The number of rotatable bonds is 4. The van der Waals surface area contributed by atoms with Gasteiger partial charge < -0.3 is 10.4 Å². The minimum atomic E-state index is -0.760. The van der Waals surface area contributed by atoms with Gasteiger partial charge in [0, 0.05) is 12.5 Å². The summed E-state index contributed by atoms with van der Waals surface area (Å²) in [4.78, 5) is 11.7. The summed E-state index contributed by atoms with van der Waals surface area (Å²) in [6.07, 6.45) is 6.29. The van der Waals surface area contributed by atoms with E-state index in [0.29, 0.717) is 13.0 Å². The third kappa shape index (κ3) is 4.20. The van der Waals surface area contributed by atoms with Gasteiger partial charge in [0.25, 0.3) is 0 Å². The highest BCUT2D eigenvalue weighted by Gasteiger charge is 2.24. The van der Waals surface area contributed by atoms with Crippen LogP contribution in [0.4, 0.5) is 0 Å². The fourth-order valence-corrected chi connectivity index (χ4v) is 1.91. The fourth-order valence-electron chi connectivity index (χ4n) is 1.91. The van der Waals surface area contributed by atoms with Crippen molar-refractivity contribution in [2.45, 2.75) is 58.0 Å². The quantitative estimate of drug-likeness (QED) is 0.748. The van der Waals surface area contributed by atoms with E-state index < -0.39 is 5.60 Å². The van der Waals surface area contributed by atoms with Crippen molar-refractivity contribution in [1.29, 1.82) is 0 Å². The van der Waals surface area contributed by atoms with E-state index in [1.54, 1.807) is 6.92 Å². The first kappa shape index (κ1) is 12.5. The van der Waals surface area contributed by atoms with Gasteiger partial charge in [-0.2, -0.15) is 0 Å². The molecule has 1 aliphatic rings. The second kappa shape index (κ2) is 5.50. The largest absolute Gasteiger partial charge is 0.388 e. The summed E-state index contributed by atoms with van der Waals surface area (Å²) in [5, 5.41) is 12.6. The molecule has 1 aliphatic carbocycles. The number of hydrogen-bond acceptors (Lipinski definition) is 2. The smallest absolute Gasteiger partial charge is 0.223 e. The monoisotopic (exact) mass is 213 g/mol. The average Bonchev–Trinajstić information content (AvgIpc) is 2.27. The lowest BCUT2D eigenvalue weighted by Gasteiger charge is -2.25. The zero-order valence-corrected chi connectivity index (χ0v) is 9.88. The Hall–Kier alpha value is -0.570. The van der Waals surface area contributed by atoms with Crippen LogP contribution in [0.15, 0.2) is 0 Å². The second-order valence-corrected chi connectivity index (χ2v) is 4.90. The summed E-state index contributed by atoms with van der Waals surface area (Å²) >= 11 is 0. The van der Waals surface area contributed by atoms with Crippen LogP contribution < -0.4 is 5.32 Å². The van der Waals surface area contributed by atoms with E-state index in [2.05, 4.69) is 5.32 Å². The van der Waals surface area contributed by atoms with Gasteiger partial charge in [-0.15, -0.1) is 0 Å². The highest BCUT2D eigenvalue weighted by Crippen LogP contribution is 2.23. The lowest BCUT2D eigenvalue weighted by Crippen LogP contribution is -2.42. The van der Waals surface area contributed by atoms with Crippen molar-refractivity contribution in [1.82, 2.24) is 5.32 Å². The van der Waals surface area contributed by atoms with Crippen LogP contribution in [0.25, 0.3) is 0 Å². The number of nitrogens with one attached hydrogen (secondary N) is 1. The number of carbonyl (C=O) groups is 1. The van der Waals surface area contributed by atoms with Crippen molar-refractivity contribution < 1.29 is 9.90 Å². The number of amides is 1. The van der Waals surface area contributed by atoms with Crippen LogP contribution in [-0.4, -0.2) is 23.2 Å². The van der Waals surface area contributed by atoms with Crippen molar-refractivity contribution >= 4 is 5.91 Å². The first-order valence-corrected chi connectivity index (χ1v) is 6.05. The minimum Gasteiger partial charge on any atom is -0.388 e. The molecule has 1 rings (SSSR count). The molecule has 0 aliphatic heterocycles. The minimum absolute atomic E-state index is 0.128. The first-order valence-electron chi connectivity index (χ1n) is 6.05. The predicted molar refractivity (Wildman–Crippen MR) is 60.5 cm³/mol. The first-order chi connectivity index (χ1) is 7.05. The molecule has 88 valence electrons. The molecule has 1 fully saturated rings. The Bertz CT molecular complexity index is 208. The van der Waals surface area contributed by atoms with Crippen LogP contribution in [0.3, 0.4) is 0 Å². The maximum absolute atomic E-state index is 11.7. The van der Waals surface area contributed by atoms with Gasteiger partial charge in [-0.3, -0.25) is 4.79 Å². The Kier molecular flexibility index (Phi) is 4.58. The number of hydrogen-bond donors (Lipinski definition) is 2. The third-order valence-electron chi connectivity index (χ3n) is 3.38. The van der Waals surface area contributed by atoms with E-state index in [-0.39, 0.29) is 11.8 Å². The van der Waals surface area contributed by atoms with Crippen molar-refractivity contribution in [2.75, 3.05) is 6.54 Å². The van der Waals surface area contributed by atoms with Crippen LogP contribution in [-0.2, 0) is 4.79 Å². The van der Waals surface area contributed by atoms with Crippen molar-refractivity contribution in [2.24, 2.45) is 5.92 Å². The van der Waals surface area contributed by atoms with E-state index in [1.807, 2.05) is 6.92 Å². The molecule has 1 amide bonds. The highest BCUT2D eigenvalue weighted by atomic mass is 16.3. The summed E-state index contributed by atoms with van der Waals surface area (Å²) in [6, 6.07) is 0. The van der Waals surface area contributed by atoms with E-state index in [1.165, 1.54) is 19.3 Å². The Labute approximate surface area is 92.3 Å². The molecule has 0 spiro atoms. The lowest BCUT2D eigenvalue weighted by atomic mass is 9.88. The van der Waals surface area contributed by atoms with Crippen LogP contribution in [0, 0.1) is 5.92 Å². The molecular formula is C12H23NO2. The molecule has 0 aromatic heterocycles. The molecule has 1 atom stereocenters. The maximum atomic E-state index is 11.7. The molecule has 0 aromatic rings. The van der Waals surface area contributed by atoms with Gasteiger partial charge in [0.05, 0.1) is 5.60 Å². The van der Waals surface area contributed by atoms with E-state index in [4.69, 9.17) is 0 Å². The molecule has 0 saturated heterocycles. The maximum Gasteiger partial charge on any atom is 0.223 e. The Morgan fingerprint density at radius 3 is 2.53 bits per heavy atom. The van der Waals surface area contributed by atoms with Gasteiger partial charge in [-0.1, -0.05) is 26.2 Å². The SMILES string of the molecule is CCC(C)(O)CNC(=O)C1CCCCC1. The Morgan fingerprint density at radius 1 is 1.40 bits per heavy atom. The molecule has 1 saturated carbocycles. The van der Waals surface area contributed by atoms with E-state index >= 15 is 0 Å². The van der Waals surface area contributed by atoms with Gasteiger partial charge in [0.2, 0.25) is 5.91 Å². The molecule has 15 heavy (non-hydrogen) atoms. The molecule has 3 heteroatoms. The van der Waals surface area contributed by atoms with Crippen molar-refractivity contribution in [3.05, 3.63) is 0 Å². The topological polar surface area (TPSA) is 49.3 Å². The standard InChI is InChI=1S/C12H23NO2/c1-3-12(2,15)9-13-11(14)10-7-5-4-6-8-10/h10,15H,3-9H2,1-2H3,(H,13,14). The third-order valence-corrected chi connectivity index (χ3v) is 3.38. The molecule has 1 unspecified atom stereocenters. The summed E-state index contributed by atoms with van der Waals surface area (Å²) in [7, 11) is 0. The molecular weight excluding hydrogens is 190 g/mol. The summed E-state index contributed by atoms with van der Waals surface area (Å²) in [5.41, 5.74) is -0.760. The second-order valence-electron chi connectivity index (χ2n) is 4.90. The van der Waals surface area contributed by atoms with Crippen molar-refractivity contribution in [3.8, 4) is 0 Å². The zero-order valence-electron chi connectivity index (χ0n) is 9.88. The molecule has 0 radical (unpaired) electrons. The molecule has 3 nitrogen and oxygen atoms in total. The fraction of sp³-hybridized carbons (Fsp3) is 0.917. The Balaban J connectivity index is 2.28. The van der Waals surface area contributed by atoms with Gasteiger partial charge in [-0.05, 0) is 26.2 Å². The average molecular weight is 213 g/mol. The summed E-state index contributed by atoms with van der Waals surface area (Å²) in [5.74, 6) is 0.315. The summed E-state index contributed by atoms with van der Waals surface area (Å²) in [6.45, 7) is 4.06. The van der Waals surface area contributed by atoms with Crippen LogP contribution in [0.1, 0.15) is 52.4 Å². The normalized spacial score (nSPS) is 22.1. The van der Waals surface area contributed by atoms with Crippen molar-refractivity contribution in [3.63, 3.8) is 0 Å². The van der Waals surface area contributed by atoms with Gasteiger partial charge >= 0.3 is 0 Å². The highest BCUT2D eigenvalue weighted by molar-refractivity contribution is 5.78. The summed E-state index contributed by atoms with van der Waals surface area (Å²) < 4.78 is 0. The number of carbonyl (C=O) groups excluding carboxylic acids is 1. The number of aliphatic hydroxyl groups is 1. The van der Waals surface area contributed by atoms with Gasteiger partial charge in [0.15, 0.2) is 0 Å². The van der Waals surface area contributed by atoms with Crippen LogP contribution in [0.5, 0.6) is 0 Å². The lowest BCUT2D eigenvalue weighted by molar-refractivity contribution is -0.127. The molecule has 2 N–H and O–H groups in total. The van der Waals surface area contributed by atoms with E-state index in [9.17, 15) is 9.90 Å².